The molecular formula is C21H28N4O. The first-order valence-corrected chi connectivity index (χ1v) is 9.15. The molecule has 1 aliphatic rings. The summed E-state index contributed by atoms with van der Waals surface area (Å²) < 4.78 is 0. The van der Waals surface area contributed by atoms with E-state index in [-0.39, 0.29) is 12.5 Å². The summed E-state index contributed by atoms with van der Waals surface area (Å²) in [6.45, 7) is 8.62. The highest BCUT2D eigenvalue weighted by Gasteiger charge is 2.14. The standard InChI is InChI=1S/C21H28N4O/c1-16-12-17(2)14-19(13-16)22-15-21(26)23-18-4-6-20(7-5-18)25-10-8-24(3)9-11-25/h4-7,12-14,22H,8-11,15H2,1-3H3,(H,23,26). The maximum absolute atomic E-state index is 12.2. The highest BCUT2D eigenvalue weighted by molar-refractivity contribution is 5.93. The average molecular weight is 352 g/mol. The molecule has 2 aromatic carbocycles. The molecule has 0 atom stereocenters. The van der Waals surface area contributed by atoms with Crippen molar-refractivity contribution in [3.63, 3.8) is 0 Å². The van der Waals surface area contributed by atoms with Crippen LogP contribution in [0.15, 0.2) is 42.5 Å². The molecule has 0 aromatic heterocycles. The highest BCUT2D eigenvalue weighted by atomic mass is 16.1. The molecule has 0 radical (unpaired) electrons. The van der Waals surface area contributed by atoms with Crippen molar-refractivity contribution in [1.29, 1.82) is 0 Å². The fourth-order valence-electron chi connectivity index (χ4n) is 3.28. The first kappa shape index (κ1) is 18.3. The van der Waals surface area contributed by atoms with Gasteiger partial charge < -0.3 is 20.4 Å². The molecule has 26 heavy (non-hydrogen) atoms. The van der Waals surface area contributed by atoms with Crippen molar-refractivity contribution in [2.75, 3.05) is 55.3 Å². The van der Waals surface area contributed by atoms with Crippen LogP contribution in [0.4, 0.5) is 17.1 Å². The zero-order valence-corrected chi connectivity index (χ0v) is 15.9. The van der Waals surface area contributed by atoms with Crippen LogP contribution in [-0.2, 0) is 4.79 Å². The van der Waals surface area contributed by atoms with Gasteiger partial charge in [-0.1, -0.05) is 6.07 Å². The van der Waals surface area contributed by atoms with Gasteiger partial charge in [0.1, 0.15) is 0 Å². The molecule has 1 heterocycles. The Balaban J connectivity index is 1.51. The Labute approximate surface area is 156 Å². The molecule has 0 spiro atoms. The monoisotopic (exact) mass is 352 g/mol. The average Bonchev–Trinajstić information content (AvgIpc) is 2.61. The van der Waals surface area contributed by atoms with Crippen LogP contribution in [-0.4, -0.2) is 50.6 Å². The van der Waals surface area contributed by atoms with Gasteiger partial charge in [0.15, 0.2) is 0 Å². The quantitative estimate of drug-likeness (QED) is 0.868. The second-order valence-corrected chi connectivity index (χ2v) is 7.12. The van der Waals surface area contributed by atoms with Crippen LogP contribution in [0.3, 0.4) is 0 Å². The summed E-state index contributed by atoms with van der Waals surface area (Å²) in [5.74, 6) is -0.0449. The summed E-state index contributed by atoms with van der Waals surface area (Å²) in [7, 11) is 2.15. The molecule has 0 unspecified atom stereocenters. The van der Waals surface area contributed by atoms with Crippen LogP contribution in [0.2, 0.25) is 0 Å². The third-order valence-electron chi connectivity index (χ3n) is 4.69. The number of likely N-dealkylation sites (N-methyl/N-ethyl adjacent to an activating group) is 1. The van der Waals surface area contributed by atoms with Crippen molar-refractivity contribution < 1.29 is 4.79 Å². The predicted molar refractivity (Wildman–Crippen MR) is 109 cm³/mol. The number of aryl methyl sites for hydroxylation is 2. The van der Waals surface area contributed by atoms with E-state index < -0.39 is 0 Å². The lowest BCUT2D eigenvalue weighted by atomic mass is 10.1. The van der Waals surface area contributed by atoms with E-state index in [1.165, 1.54) is 16.8 Å². The largest absolute Gasteiger partial charge is 0.376 e. The Morgan fingerprint density at radius 3 is 2.15 bits per heavy atom. The Bertz CT molecular complexity index is 729. The van der Waals surface area contributed by atoms with E-state index in [1.807, 2.05) is 24.3 Å². The molecule has 0 saturated carbocycles. The van der Waals surface area contributed by atoms with Gasteiger partial charge in [0.05, 0.1) is 6.54 Å². The zero-order valence-electron chi connectivity index (χ0n) is 15.9. The van der Waals surface area contributed by atoms with E-state index >= 15 is 0 Å². The molecule has 5 heteroatoms. The molecule has 5 nitrogen and oxygen atoms in total. The number of nitrogens with zero attached hydrogens (tertiary/aromatic N) is 2. The van der Waals surface area contributed by atoms with Gasteiger partial charge in [-0.2, -0.15) is 0 Å². The van der Waals surface area contributed by atoms with Crippen molar-refractivity contribution in [3.8, 4) is 0 Å². The number of nitrogens with one attached hydrogen (secondary N) is 2. The molecule has 1 amide bonds. The summed E-state index contributed by atoms with van der Waals surface area (Å²) in [5, 5.41) is 6.14. The van der Waals surface area contributed by atoms with Gasteiger partial charge >= 0.3 is 0 Å². The first-order chi connectivity index (χ1) is 12.5. The van der Waals surface area contributed by atoms with Crippen molar-refractivity contribution in [1.82, 2.24) is 4.90 Å². The van der Waals surface area contributed by atoms with E-state index in [1.54, 1.807) is 0 Å². The summed E-state index contributed by atoms with van der Waals surface area (Å²) in [5.41, 5.74) is 5.39. The zero-order chi connectivity index (χ0) is 18.5. The number of amides is 1. The molecule has 1 aliphatic heterocycles. The van der Waals surface area contributed by atoms with Gasteiger partial charge in [-0.15, -0.1) is 0 Å². The Morgan fingerprint density at radius 1 is 0.923 bits per heavy atom. The van der Waals surface area contributed by atoms with E-state index in [0.717, 1.165) is 37.6 Å². The van der Waals surface area contributed by atoms with E-state index in [9.17, 15) is 4.79 Å². The first-order valence-electron chi connectivity index (χ1n) is 9.15. The van der Waals surface area contributed by atoms with E-state index in [0.29, 0.717) is 0 Å². The maximum atomic E-state index is 12.2. The van der Waals surface area contributed by atoms with Crippen molar-refractivity contribution in [2.45, 2.75) is 13.8 Å². The topological polar surface area (TPSA) is 47.6 Å². The number of piperazine rings is 1. The summed E-state index contributed by atoms with van der Waals surface area (Å²) in [6.07, 6.45) is 0. The molecule has 1 saturated heterocycles. The lowest BCUT2D eigenvalue weighted by Gasteiger charge is -2.34. The third-order valence-corrected chi connectivity index (χ3v) is 4.69. The normalized spacial score (nSPS) is 15.0. The van der Waals surface area contributed by atoms with Gasteiger partial charge in [-0.25, -0.2) is 0 Å². The van der Waals surface area contributed by atoms with Crippen LogP contribution < -0.4 is 15.5 Å². The number of benzene rings is 2. The van der Waals surface area contributed by atoms with Crippen LogP contribution >= 0.6 is 0 Å². The van der Waals surface area contributed by atoms with Gasteiger partial charge in [0.25, 0.3) is 0 Å². The molecular weight excluding hydrogens is 324 g/mol. The smallest absolute Gasteiger partial charge is 0.243 e. The molecule has 0 aliphatic carbocycles. The number of carbonyl (C=O) groups is 1. The molecule has 2 N–H and O–H groups in total. The number of rotatable bonds is 5. The van der Waals surface area contributed by atoms with E-state index in [4.69, 9.17) is 0 Å². The lowest BCUT2D eigenvalue weighted by Crippen LogP contribution is -2.44. The summed E-state index contributed by atoms with van der Waals surface area (Å²) in [4.78, 5) is 16.9. The molecule has 2 aromatic rings. The van der Waals surface area contributed by atoms with Gasteiger partial charge in [0.2, 0.25) is 5.91 Å². The number of carbonyl (C=O) groups excluding carboxylic acids is 1. The Hall–Kier alpha value is -2.53. The van der Waals surface area contributed by atoms with Crippen LogP contribution in [0.5, 0.6) is 0 Å². The summed E-state index contributed by atoms with van der Waals surface area (Å²) >= 11 is 0. The van der Waals surface area contributed by atoms with Gasteiger partial charge in [0, 0.05) is 43.2 Å². The van der Waals surface area contributed by atoms with Gasteiger partial charge in [-0.3, -0.25) is 4.79 Å². The van der Waals surface area contributed by atoms with Crippen molar-refractivity contribution >= 4 is 23.0 Å². The fourth-order valence-corrected chi connectivity index (χ4v) is 3.28. The summed E-state index contributed by atoms with van der Waals surface area (Å²) in [6, 6.07) is 14.3. The minimum atomic E-state index is -0.0449. The van der Waals surface area contributed by atoms with Crippen molar-refractivity contribution in [2.24, 2.45) is 0 Å². The Morgan fingerprint density at radius 2 is 1.54 bits per heavy atom. The van der Waals surface area contributed by atoms with E-state index in [2.05, 4.69) is 59.5 Å². The fraction of sp³-hybridized carbons (Fsp3) is 0.381. The third kappa shape index (κ3) is 4.99. The van der Waals surface area contributed by atoms with Crippen LogP contribution in [0, 0.1) is 13.8 Å². The van der Waals surface area contributed by atoms with Crippen LogP contribution in [0.1, 0.15) is 11.1 Å². The minimum absolute atomic E-state index is 0.0449. The minimum Gasteiger partial charge on any atom is -0.376 e. The second-order valence-electron chi connectivity index (χ2n) is 7.12. The SMILES string of the molecule is Cc1cc(C)cc(NCC(=O)Nc2ccc(N3CCN(C)CC3)cc2)c1. The molecule has 1 fully saturated rings. The van der Waals surface area contributed by atoms with Gasteiger partial charge in [-0.05, 0) is 68.4 Å². The molecule has 0 bridgehead atoms. The lowest BCUT2D eigenvalue weighted by molar-refractivity contribution is -0.114. The highest BCUT2D eigenvalue weighted by Crippen LogP contribution is 2.19. The molecule has 138 valence electrons. The Kier molecular flexibility index (Phi) is 5.78. The van der Waals surface area contributed by atoms with Crippen molar-refractivity contribution in [3.05, 3.63) is 53.6 Å². The van der Waals surface area contributed by atoms with Crippen LogP contribution in [0.25, 0.3) is 0 Å². The molecule has 3 rings (SSSR count). The predicted octanol–water partition coefficient (Wildman–Crippen LogP) is 3.11. The number of hydrogen-bond donors (Lipinski definition) is 2. The second kappa shape index (κ2) is 8.23. The maximum Gasteiger partial charge on any atom is 0.243 e. The number of hydrogen-bond acceptors (Lipinski definition) is 4. The number of anilines is 3.